The van der Waals surface area contributed by atoms with E-state index < -0.39 is 21.3 Å². The van der Waals surface area contributed by atoms with E-state index in [2.05, 4.69) is 6.92 Å². The van der Waals surface area contributed by atoms with Gasteiger partial charge in [-0.05, 0) is 6.92 Å². The lowest BCUT2D eigenvalue weighted by Gasteiger charge is -1.98. The maximum Gasteiger partial charge on any atom is 0.324 e. The van der Waals surface area contributed by atoms with E-state index in [0.29, 0.717) is 0 Å². The molecule has 0 spiro atoms. The molecule has 0 saturated carbocycles. The Morgan fingerprint density at radius 1 is 1.56 bits per heavy atom. The van der Waals surface area contributed by atoms with Gasteiger partial charge in [-0.1, -0.05) is 0 Å². The highest BCUT2D eigenvalue weighted by Gasteiger charge is 2.24. The Kier molecular flexibility index (Phi) is 2.16. The fourth-order valence-electron chi connectivity index (χ4n) is 0.127. The molecule has 6 heteroatoms. The van der Waals surface area contributed by atoms with Crippen molar-refractivity contribution in [2.75, 3.05) is 0 Å². The Labute approximate surface area is 52.1 Å². The van der Waals surface area contributed by atoms with Gasteiger partial charge in [0, 0.05) is 0 Å². The average Bonchev–Trinajstić information content (AvgIpc) is 1.62. The van der Waals surface area contributed by atoms with Crippen molar-refractivity contribution in [1.82, 2.24) is 0 Å². The zero-order valence-corrected chi connectivity index (χ0v) is 5.13. The summed E-state index contributed by atoms with van der Waals surface area (Å²) in [7, 11) is -4.51. The van der Waals surface area contributed by atoms with Crippen LogP contribution in [0.2, 0.25) is 0 Å². The standard InChI is InChI=1S/C3H5O5S/c1-2(3(4)5)9(6,7)8/h2H,1H2,(H,4,5)(H,6,7,8). The summed E-state index contributed by atoms with van der Waals surface area (Å²) in [5.41, 5.74) is 0. The van der Waals surface area contributed by atoms with Gasteiger partial charge < -0.3 is 5.11 Å². The van der Waals surface area contributed by atoms with E-state index in [4.69, 9.17) is 9.66 Å². The van der Waals surface area contributed by atoms with Crippen molar-refractivity contribution in [3.63, 3.8) is 0 Å². The van der Waals surface area contributed by atoms with Gasteiger partial charge in [-0.25, -0.2) is 0 Å². The van der Waals surface area contributed by atoms with Gasteiger partial charge in [-0.2, -0.15) is 8.42 Å². The molecule has 5 nitrogen and oxygen atoms in total. The molecule has 0 aromatic heterocycles. The maximum absolute atomic E-state index is 9.88. The minimum Gasteiger partial charge on any atom is -0.480 e. The Hall–Kier alpha value is -0.620. The maximum atomic E-state index is 9.88. The van der Waals surface area contributed by atoms with Crippen molar-refractivity contribution >= 4 is 16.1 Å². The predicted octanol–water partition coefficient (Wildman–Crippen LogP) is -0.839. The monoisotopic (exact) mass is 153 g/mol. The molecule has 0 aliphatic rings. The summed E-state index contributed by atoms with van der Waals surface area (Å²) < 4.78 is 27.8. The summed E-state index contributed by atoms with van der Waals surface area (Å²) in [6, 6.07) is 0. The first-order valence-corrected chi connectivity index (χ1v) is 3.38. The minimum atomic E-state index is -4.51. The van der Waals surface area contributed by atoms with Gasteiger partial charge in [0.2, 0.25) is 0 Å². The van der Waals surface area contributed by atoms with Gasteiger partial charge in [0.25, 0.3) is 10.1 Å². The molecule has 53 valence electrons. The molecule has 2 N–H and O–H groups in total. The molecule has 0 amide bonds. The van der Waals surface area contributed by atoms with Crippen LogP contribution in [-0.4, -0.2) is 29.3 Å². The second-order valence-electron chi connectivity index (χ2n) is 1.34. The molecule has 0 bridgehead atoms. The smallest absolute Gasteiger partial charge is 0.324 e. The second kappa shape index (κ2) is 2.32. The fourth-order valence-corrected chi connectivity index (χ4v) is 0.382. The van der Waals surface area contributed by atoms with Crippen LogP contribution in [0.1, 0.15) is 0 Å². The van der Waals surface area contributed by atoms with Gasteiger partial charge in [0.05, 0.1) is 0 Å². The van der Waals surface area contributed by atoms with E-state index in [0.717, 1.165) is 0 Å². The molecule has 1 atom stereocenters. The zero-order valence-electron chi connectivity index (χ0n) is 4.31. The van der Waals surface area contributed by atoms with Crippen molar-refractivity contribution < 1.29 is 22.9 Å². The van der Waals surface area contributed by atoms with Crippen LogP contribution >= 0.6 is 0 Å². The van der Waals surface area contributed by atoms with Gasteiger partial charge in [-0.3, -0.25) is 9.35 Å². The lowest BCUT2D eigenvalue weighted by Crippen LogP contribution is -2.26. The van der Waals surface area contributed by atoms with Crippen molar-refractivity contribution in [2.24, 2.45) is 0 Å². The Balaban J connectivity index is 4.43. The Morgan fingerprint density at radius 2 is 1.89 bits per heavy atom. The lowest BCUT2D eigenvalue weighted by molar-refractivity contribution is -0.135. The molecule has 1 unspecified atom stereocenters. The van der Waals surface area contributed by atoms with Crippen LogP contribution in [0.5, 0.6) is 0 Å². The quantitative estimate of drug-likeness (QED) is 0.505. The number of hydrogen-bond donors (Lipinski definition) is 2. The molecule has 9 heavy (non-hydrogen) atoms. The third-order valence-corrected chi connectivity index (χ3v) is 1.56. The van der Waals surface area contributed by atoms with Crippen LogP contribution in [0, 0.1) is 6.92 Å². The van der Waals surface area contributed by atoms with Crippen LogP contribution in [0.3, 0.4) is 0 Å². The third-order valence-electron chi connectivity index (χ3n) is 0.635. The van der Waals surface area contributed by atoms with Gasteiger partial charge >= 0.3 is 5.97 Å². The van der Waals surface area contributed by atoms with Gasteiger partial charge in [-0.15, -0.1) is 0 Å². The molecule has 0 fully saturated rings. The first-order valence-electron chi connectivity index (χ1n) is 1.88. The topological polar surface area (TPSA) is 91.7 Å². The molecule has 1 radical (unpaired) electrons. The molecule has 0 aromatic rings. The van der Waals surface area contributed by atoms with Gasteiger partial charge in [0.15, 0.2) is 5.25 Å². The number of carboxylic acid groups (broad SMARTS) is 1. The van der Waals surface area contributed by atoms with Crippen molar-refractivity contribution in [1.29, 1.82) is 0 Å². The zero-order chi connectivity index (χ0) is 7.65. The number of carboxylic acids is 1. The van der Waals surface area contributed by atoms with Crippen molar-refractivity contribution in [2.45, 2.75) is 5.25 Å². The summed E-state index contributed by atoms with van der Waals surface area (Å²) in [4.78, 5) is 9.74. The first kappa shape index (κ1) is 8.38. The fraction of sp³-hybridized carbons (Fsp3) is 0.333. The highest BCUT2D eigenvalue weighted by molar-refractivity contribution is 7.87. The predicted molar refractivity (Wildman–Crippen MR) is 28.3 cm³/mol. The van der Waals surface area contributed by atoms with E-state index in [-0.39, 0.29) is 0 Å². The summed E-state index contributed by atoms with van der Waals surface area (Å²) in [6.45, 7) is 2.67. The largest absolute Gasteiger partial charge is 0.480 e. The molecule has 0 aromatic carbocycles. The molecular weight excluding hydrogens is 148 g/mol. The SMILES string of the molecule is [CH2]C(C(=O)O)S(=O)(=O)O. The minimum absolute atomic E-state index is 1.67. The van der Waals surface area contributed by atoms with Crippen LogP contribution in [-0.2, 0) is 14.9 Å². The number of aliphatic carboxylic acids is 1. The van der Waals surface area contributed by atoms with Crippen LogP contribution in [0.25, 0.3) is 0 Å². The summed E-state index contributed by atoms with van der Waals surface area (Å²) >= 11 is 0. The average molecular weight is 153 g/mol. The summed E-state index contributed by atoms with van der Waals surface area (Å²) in [5, 5.41) is 5.93. The molecular formula is C3H5O5S. The van der Waals surface area contributed by atoms with Crippen LogP contribution in [0.4, 0.5) is 0 Å². The highest BCUT2D eigenvalue weighted by atomic mass is 32.2. The summed E-state index contributed by atoms with van der Waals surface area (Å²) in [5.74, 6) is -1.67. The normalized spacial score (nSPS) is 14.9. The summed E-state index contributed by atoms with van der Waals surface area (Å²) in [6.07, 6.45) is 0. The lowest BCUT2D eigenvalue weighted by atomic mass is 10.5. The first-order chi connectivity index (χ1) is 3.85. The Morgan fingerprint density at radius 3 is 1.89 bits per heavy atom. The van der Waals surface area contributed by atoms with E-state index in [9.17, 15) is 13.2 Å². The number of rotatable bonds is 2. The van der Waals surface area contributed by atoms with Crippen molar-refractivity contribution in [3.05, 3.63) is 6.92 Å². The third kappa shape index (κ3) is 2.43. The van der Waals surface area contributed by atoms with Gasteiger partial charge in [0.1, 0.15) is 0 Å². The van der Waals surface area contributed by atoms with E-state index in [1.165, 1.54) is 0 Å². The molecule has 0 aliphatic heterocycles. The van der Waals surface area contributed by atoms with E-state index in [1.54, 1.807) is 0 Å². The van der Waals surface area contributed by atoms with Crippen LogP contribution < -0.4 is 0 Å². The molecule has 0 saturated heterocycles. The molecule has 0 rings (SSSR count). The number of carbonyl (C=O) groups is 1. The highest BCUT2D eigenvalue weighted by Crippen LogP contribution is 1.94. The van der Waals surface area contributed by atoms with E-state index >= 15 is 0 Å². The van der Waals surface area contributed by atoms with Crippen molar-refractivity contribution in [3.8, 4) is 0 Å². The molecule has 0 aliphatic carbocycles. The van der Waals surface area contributed by atoms with E-state index in [1.807, 2.05) is 0 Å². The Bertz CT molecular complexity index is 202. The second-order valence-corrected chi connectivity index (χ2v) is 2.94. The number of hydrogen-bond acceptors (Lipinski definition) is 3. The molecule has 0 heterocycles. The van der Waals surface area contributed by atoms with Crippen LogP contribution in [0.15, 0.2) is 0 Å².